The number of nitrogens with one attached hydrogen (secondary N) is 1. The quantitative estimate of drug-likeness (QED) is 0.356. The zero-order valence-corrected chi connectivity index (χ0v) is 15.3. The second-order valence-corrected chi connectivity index (χ2v) is 6.11. The number of rotatable bonds is 6. The molecule has 1 amide bonds. The fraction of sp³-hybridized carbons (Fsp3) is 0. The Balaban J connectivity index is 1.66. The second kappa shape index (κ2) is 8.36. The summed E-state index contributed by atoms with van der Waals surface area (Å²) in [6, 6.07) is 12.7. The maximum atomic E-state index is 12.0. The lowest BCUT2D eigenvalue weighted by Crippen LogP contribution is -2.17. The number of amides is 1. The van der Waals surface area contributed by atoms with Gasteiger partial charge in [0, 0.05) is 23.3 Å². The molecule has 2 aromatic carbocycles. The number of hydrogen-bond donors (Lipinski definition) is 2. The van der Waals surface area contributed by atoms with Crippen molar-refractivity contribution in [2.24, 2.45) is 5.10 Å². The number of aromatic carboxylic acids is 1. The summed E-state index contributed by atoms with van der Waals surface area (Å²) in [5.41, 5.74) is 2.94. The van der Waals surface area contributed by atoms with Gasteiger partial charge in [-0.05, 0) is 36.4 Å². The molecule has 1 heterocycles. The first-order chi connectivity index (χ1) is 13.8. The zero-order chi connectivity index (χ0) is 21.0. The molecule has 0 unspecified atom stereocenters. The molecule has 0 spiro atoms. The van der Waals surface area contributed by atoms with Crippen LogP contribution in [0.15, 0.2) is 64.1 Å². The number of benzene rings is 2. The highest BCUT2D eigenvalue weighted by molar-refractivity contribution is 6.33. The highest BCUT2D eigenvalue weighted by Gasteiger charge is 2.12. The third-order valence-corrected chi connectivity index (χ3v) is 4.12. The van der Waals surface area contributed by atoms with E-state index in [9.17, 15) is 19.7 Å². The first kappa shape index (κ1) is 19.8. The molecule has 0 aliphatic rings. The number of carbonyl (C=O) groups excluding carboxylic acids is 1. The molecular formula is C19H12ClN3O6. The number of halogens is 1. The molecule has 29 heavy (non-hydrogen) atoms. The number of hydrazone groups is 1. The van der Waals surface area contributed by atoms with Crippen molar-refractivity contribution in [3.63, 3.8) is 0 Å². The number of carboxylic acid groups (broad SMARTS) is 1. The van der Waals surface area contributed by atoms with E-state index in [0.29, 0.717) is 17.1 Å². The summed E-state index contributed by atoms with van der Waals surface area (Å²) in [4.78, 5) is 33.0. The Kier molecular flexibility index (Phi) is 5.70. The molecule has 9 nitrogen and oxygen atoms in total. The lowest BCUT2D eigenvalue weighted by atomic mass is 10.1. The van der Waals surface area contributed by atoms with Crippen molar-refractivity contribution in [2.45, 2.75) is 0 Å². The lowest BCUT2D eigenvalue weighted by molar-refractivity contribution is -0.384. The number of non-ortho nitro benzene ring substituents is 1. The monoisotopic (exact) mass is 413 g/mol. The van der Waals surface area contributed by atoms with Crippen molar-refractivity contribution < 1.29 is 24.0 Å². The molecule has 0 atom stereocenters. The van der Waals surface area contributed by atoms with E-state index in [1.807, 2.05) is 0 Å². The largest absolute Gasteiger partial charge is 0.478 e. The predicted octanol–water partition coefficient (Wildman–Crippen LogP) is 3.97. The first-order valence-corrected chi connectivity index (χ1v) is 8.44. The van der Waals surface area contributed by atoms with Crippen LogP contribution in [0.4, 0.5) is 5.69 Å². The SMILES string of the molecule is O=C(N/N=C/c1ccc(-c2ccc(C(=O)O)c(Cl)c2)o1)c1ccc([N+](=O)[O-])cc1. The Bertz CT molecular complexity index is 1120. The number of nitrogens with zero attached hydrogens (tertiary/aromatic N) is 2. The van der Waals surface area contributed by atoms with Crippen LogP contribution in [0.3, 0.4) is 0 Å². The van der Waals surface area contributed by atoms with Gasteiger partial charge >= 0.3 is 5.97 Å². The molecule has 3 rings (SSSR count). The molecule has 1 aromatic heterocycles. The standard InChI is InChI=1S/C19H12ClN3O6/c20-16-9-12(3-7-15(16)19(25)26)17-8-6-14(29-17)10-21-22-18(24)11-1-4-13(5-2-11)23(27)28/h1-10H,(H,22,24)(H,25,26)/b21-10+. The number of carbonyl (C=O) groups is 2. The highest BCUT2D eigenvalue weighted by Crippen LogP contribution is 2.27. The van der Waals surface area contributed by atoms with Gasteiger partial charge < -0.3 is 9.52 Å². The van der Waals surface area contributed by atoms with Crippen LogP contribution in [0, 0.1) is 10.1 Å². The molecule has 0 saturated heterocycles. The van der Waals surface area contributed by atoms with Crippen LogP contribution < -0.4 is 5.43 Å². The summed E-state index contributed by atoms with van der Waals surface area (Å²) in [5, 5.41) is 23.5. The van der Waals surface area contributed by atoms with Crippen LogP contribution in [-0.4, -0.2) is 28.1 Å². The first-order valence-electron chi connectivity index (χ1n) is 8.06. The fourth-order valence-electron chi connectivity index (χ4n) is 2.37. The zero-order valence-electron chi connectivity index (χ0n) is 14.5. The summed E-state index contributed by atoms with van der Waals surface area (Å²) in [7, 11) is 0. The van der Waals surface area contributed by atoms with E-state index in [0.717, 1.165) is 0 Å². The van der Waals surface area contributed by atoms with Crippen molar-refractivity contribution in [1.82, 2.24) is 5.43 Å². The average molecular weight is 414 g/mol. The molecule has 10 heteroatoms. The number of hydrogen-bond acceptors (Lipinski definition) is 6. The smallest absolute Gasteiger partial charge is 0.337 e. The van der Waals surface area contributed by atoms with Crippen molar-refractivity contribution in [3.8, 4) is 11.3 Å². The number of furan rings is 1. The third-order valence-electron chi connectivity index (χ3n) is 3.81. The van der Waals surface area contributed by atoms with Gasteiger partial charge in [0.05, 0.1) is 21.7 Å². The predicted molar refractivity (Wildman–Crippen MR) is 104 cm³/mol. The van der Waals surface area contributed by atoms with Gasteiger partial charge in [0.25, 0.3) is 11.6 Å². The molecule has 3 aromatic rings. The Labute approximate surface area is 168 Å². The Morgan fingerprint density at radius 3 is 2.48 bits per heavy atom. The van der Waals surface area contributed by atoms with E-state index in [1.54, 1.807) is 18.2 Å². The molecule has 0 aliphatic heterocycles. The van der Waals surface area contributed by atoms with Gasteiger partial charge in [0.2, 0.25) is 0 Å². The summed E-state index contributed by atoms with van der Waals surface area (Å²) < 4.78 is 5.57. The van der Waals surface area contributed by atoms with Crippen LogP contribution in [0.1, 0.15) is 26.5 Å². The van der Waals surface area contributed by atoms with Gasteiger partial charge in [0.15, 0.2) is 0 Å². The van der Waals surface area contributed by atoms with Gasteiger partial charge in [-0.1, -0.05) is 17.7 Å². The van der Waals surface area contributed by atoms with E-state index in [1.165, 1.54) is 42.6 Å². The fourth-order valence-corrected chi connectivity index (χ4v) is 2.63. The van der Waals surface area contributed by atoms with E-state index >= 15 is 0 Å². The molecule has 146 valence electrons. The van der Waals surface area contributed by atoms with Crippen LogP contribution in [-0.2, 0) is 0 Å². The Morgan fingerprint density at radius 1 is 1.14 bits per heavy atom. The number of nitro benzene ring substituents is 1. The second-order valence-electron chi connectivity index (χ2n) is 5.70. The Morgan fingerprint density at radius 2 is 1.86 bits per heavy atom. The van der Waals surface area contributed by atoms with Crippen molar-refractivity contribution in [1.29, 1.82) is 0 Å². The summed E-state index contributed by atoms with van der Waals surface area (Å²) in [5.74, 6) is -0.897. The minimum absolute atomic E-state index is 0.0160. The molecule has 0 fully saturated rings. The van der Waals surface area contributed by atoms with Crippen LogP contribution in [0.2, 0.25) is 5.02 Å². The molecule has 2 N–H and O–H groups in total. The van der Waals surface area contributed by atoms with E-state index in [4.69, 9.17) is 21.1 Å². The maximum absolute atomic E-state index is 12.0. The molecule has 0 radical (unpaired) electrons. The van der Waals surface area contributed by atoms with Gasteiger partial charge in [-0.2, -0.15) is 5.10 Å². The summed E-state index contributed by atoms with van der Waals surface area (Å²) in [6.45, 7) is 0. The normalized spacial score (nSPS) is 10.8. The third kappa shape index (κ3) is 4.66. The van der Waals surface area contributed by atoms with Crippen LogP contribution in [0.25, 0.3) is 11.3 Å². The number of carboxylic acids is 1. The van der Waals surface area contributed by atoms with Crippen LogP contribution >= 0.6 is 11.6 Å². The lowest BCUT2D eigenvalue weighted by Gasteiger charge is -2.01. The minimum atomic E-state index is -1.13. The van der Waals surface area contributed by atoms with E-state index in [-0.39, 0.29) is 21.8 Å². The van der Waals surface area contributed by atoms with E-state index in [2.05, 4.69) is 10.5 Å². The van der Waals surface area contributed by atoms with Gasteiger partial charge in [0.1, 0.15) is 11.5 Å². The summed E-state index contributed by atoms with van der Waals surface area (Å²) >= 11 is 5.95. The van der Waals surface area contributed by atoms with Crippen molar-refractivity contribution in [2.75, 3.05) is 0 Å². The van der Waals surface area contributed by atoms with Crippen molar-refractivity contribution >= 4 is 35.4 Å². The minimum Gasteiger partial charge on any atom is -0.478 e. The molecular weight excluding hydrogens is 402 g/mol. The summed E-state index contributed by atoms with van der Waals surface area (Å²) in [6.07, 6.45) is 1.28. The van der Waals surface area contributed by atoms with Gasteiger partial charge in [-0.15, -0.1) is 0 Å². The van der Waals surface area contributed by atoms with Crippen LogP contribution in [0.5, 0.6) is 0 Å². The Hall–Kier alpha value is -3.98. The average Bonchev–Trinajstić information content (AvgIpc) is 3.16. The van der Waals surface area contributed by atoms with E-state index < -0.39 is 16.8 Å². The van der Waals surface area contributed by atoms with Gasteiger partial charge in [-0.25, -0.2) is 10.2 Å². The topological polar surface area (TPSA) is 135 Å². The maximum Gasteiger partial charge on any atom is 0.337 e. The van der Waals surface area contributed by atoms with Gasteiger partial charge in [-0.3, -0.25) is 14.9 Å². The van der Waals surface area contributed by atoms with Crippen molar-refractivity contribution in [3.05, 3.63) is 86.6 Å². The molecule has 0 aliphatic carbocycles. The molecule has 0 saturated carbocycles. The molecule has 0 bridgehead atoms. The number of nitro groups is 1. The highest BCUT2D eigenvalue weighted by atomic mass is 35.5.